The Labute approximate surface area is 152 Å². The minimum atomic E-state index is -1.65. The summed E-state index contributed by atoms with van der Waals surface area (Å²) in [6.45, 7) is 5.47. The second kappa shape index (κ2) is 7.51. The summed E-state index contributed by atoms with van der Waals surface area (Å²) in [5.41, 5.74) is -2.59. The second-order valence-electron chi connectivity index (χ2n) is 6.76. The molecule has 27 heavy (non-hydrogen) atoms. The molecule has 0 radical (unpaired) electrons. The number of hydrogen-bond acceptors (Lipinski definition) is 3. The van der Waals surface area contributed by atoms with Crippen LogP contribution in [0.5, 0.6) is 0 Å². The molecule has 1 fully saturated rings. The van der Waals surface area contributed by atoms with Crippen molar-refractivity contribution in [3.8, 4) is 6.07 Å². The molecule has 0 saturated heterocycles. The zero-order valence-electron chi connectivity index (χ0n) is 14.6. The van der Waals surface area contributed by atoms with Crippen molar-refractivity contribution in [1.29, 1.82) is 5.26 Å². The number of benzene rings is 1. The van der Waals surface area contributed by atoms with E-state index in [1.807, 2.05) is 0 Å². The van der Waals surface area contributed by atoms with Crippen LogP contribution in [0.4, 0.5) is 22.0 Å². The third-order valence-electron chi connectivity index (χ3n) is 4.75. The molecule has 0 N–H and O–H groups in total. The molecule has 0 aliphatic heterocycles. The van der Waals surface area contributed by atoms with Crippen LogP contribution in [0, 0.1) is 51.9 Å². The number of nitrogens with zero attached hydrogens (tertiary/aromatic N) is 1. The van der Waals surface area contributed by atoms with Crippen molar-refractivity contribution in [1.82, 2.24) is 0 Å². The zero-order valence-corrected chi connectivity index (χ0v) is 14.6. The van der Waals surface area contributed by atoms with Crippen molar-refractivity contribution in [2.45, 2.75) is 26.9 Å². The van der Waals surface area contributed by atoms with Crippen LogP contribution in [-0.2, 0) is 22.6 Å². The molecule has 1 aromatic rings. The number of ether oxygens (including phenoxy) is 1. The van der Waals surface area contributed by atoms with Crippen LogP contribution in [0.3, 0.4) is 0 Å². The Bertz CT molecular complexity index is 841. The first-order valence-electron chi connectivity index (χ1n) is 7.96. The fourth-order valence-electron chi connectivity index (χ4n) is 3.04. The Kier molecular flexibility index (Phi) is 5.73. The van der Waals surface area contributed by atoms with Gasteiger partial charge in [-0.15, -0.1) is 6.58 Å². The molecular formula is C19H16F5NO2. The Morgan fingerprint density at radius 3 is 2.19 bits per heavy atom. The van der Waals surface area contributed by atoms with Gasteiger partial charge in [0.25, 0.3) is 0 Å². The van der Waals surface area contributed by atoms with E-state index < -0.39 is 76.5 Å². The molecule has 0 heterocycles. The van der Waals surface area contributed by atoms with Crippen LogP contribution >= 0.6 is 0 Å². The van der Waals surface area contributed by atoms with Gasteiger partial charge in [-0.3, -0.25) is 4.79 Å². The van der Waals surface area contributed by atoms with E-state index in [1.54, 1.807) is 13.8 Å². The number of esters is 1. The average molecular weight is 385 g/mol. The maximum atomic E-state index is 14.0. The lowest BCUT2D eigenvalue weighted by atomic mass is 10.1. The van der Waals surface area contributed by atoms with Crippen molar-refractivity contribution in [3.63, 3.8) is 0 Å². The Hall–Kier alpha value is -2.69. The maximum absolute atomic E-state index is 14.0. The molecule has 0 bridgehead atoms. The van der Waals surface area contributed by atoms with Gasteiger partial charge in [0.15, 0.2) is 29.1 Å². The predicted molar refractivity (Wildman–Crippen MR) is 85.5 cm³/mol. The van der Waals surface area contributed by atoms with E-state index in [9.17, 15) is 26.7 Å². The molecule has 1 aliphatic carbocycles. The maximum Gasteiger partial charge on any atom is 0.310 e. The predicted octanol–water partition coefficient (Wildman–Crippen LogP) is 4.66. The summed E-state index contributed by atoms with van der Waals surface area (Å²) in [6, 6.07) is 1.29. The first-order chi connectivity index (χ1) is 12.6. The topological polar surface area (TPSA) is 50.1 Å². The largest absolute Gasteiger partial charge is 0.460 e. The van der Waals surface area contributed by atoms with E-state index in [4.69, 9.17) is 10.00 Å². The second-order valence-corrected chi connectivity index (χ2v) is 6.76. The Balaban J connectivity index is 2.19. The van der Waals surface area contributed by atoms with E-state index in [2.05, 4.69) is 6.58 Å². The molecule has 8 heteroatoms. The standard InChI is InChI=1S/C19H16F5NO2/c1-4-5-10-14(21)16(23)11(17(24)15(10)22)8-27-18(26)13-12(19(13,2)3)6-9(20)7-25/h4,6,12-13H,1,5,8H2,2-3H3/b9-6+/t12-,13-/m0/s1. The number of rotatable bonds is 6. The summed E-state index contributed by atoms with van der Waals surface area (Å²) in [5, 5.41) is 8.46. The molecule has 2 rings (SSSR count). The van der Waals surface area contributed by atoms with Crippen LogP contribution < -0.4 is 0 Å². The fourth-order valence-corrected chi connectivity index (χ4v) is 3.04. The van der Waals surface area contributed by atoms with Crippen LogP contribution in [0.1, 0.15) is 25.0 Å². The van der Waals surface area contributed by atoms with Gasteiger partial charge in [-0.1, -0.05) is 19.9 Å². The van der Waals surface area contributed by atoms with Gasteiger partial charge in [0.1, 0.15) is 12.7 Å². The van der Waals surface area contributed by atoms with E-state index >= 15 is 0 Å². The highest BCUT2D eigenvalue weighted by atomic mass is 19.2. The highest BCUT2D eigenvalue weighted by molar-refractivity contribution is 5.78. The monoisotopic (exact) mass is 385 g/mol. The molecular weight excluding hydrogens is 369 g/mol. The molecule has 1 saturated carbocycles. The number of allylic oxidation sites excluding steroid dienone is 3. The molecule has 0 spiro atoms. The van der Waals surface area contributed by atoms with Gasteiger partial charge in [0.05, 0.1) is 11.5 Å². The Morgan fingerprint density at radius 2 is 1.70 bits per heavy atom. The molecule has 0 unspecified atom stereocenters. The smallest absolute Gasteiger partial charge is 0.310 e. The normalized spacial score (nSPS) is 20.7. The number of carbonyl (C=O) groups is 1. The van der Waals surface area contributed by atoms with Crippen LogP contribution in [0.15, 0.2) is 24.6 Å². The minimum absolute atomic E-state index is 0.416. The summed E-state index contributed by atoms with van der Waals surface area (Å²) in [4.78, 5) is 12.1. The van der Waals surface area contributed by atoms with Gasteiger partial charge in [0.2, 0.25) is 0 Å². The van der Waals surface area contributed by atoms with E-state index in [1.165, 1.54) is 6.07 Å². The van der Waals surface area contributed by atoms with Gasteiger partial charge < -0.3 is 4.74 Å². The van der Waals surface area contributed by atoms with Crippen molar-refractivity contribution in [2.75, 3.05) is 0 Å². The third kappa shape index (κ3) is 3.72. The van der Waals surface area contributed by atoms with Gasteiger partial charge in [-0.25, -0.2) is 17.6 Å². The highest BCUT2D eigenvalue weighted by Gasteiger charge is 2.61. The molecule has 1 aromatic carbocycles. The first kappa shape index (κ1) is 20.6. The van der Waals surface area contributed by atoms with Crippen molar-refractivity contribution < 1.29 is 31.5 Å². The van der Waals surface area contributed by atoms with Crippen LogP contribution in [0.25, 0.3) is 0 Å². The summed E-state index contributed by atoms with van der Waals surface area (Å²) >= 11 is 0. The molecule has 144 valence electrons. The summed E-state index contributed by atoms with van der Waals surface area (Å²) < 4.78 is 73.8. The first-order valence-corrected chi connectivity index (χ1v) is 7.96. The molecule has 2 atom stereocenters. The van der Waals surface area contributed by atoms with E-state index in [0.717, 1.165) is 12.2 Å². The highest BCUT2D eigenvalue weighted by Crippen LogP contribution is 2.60. The molecule has 0 amide bonds. The lowest BCUT2D eigenvalue weighted by Gasteiger charge is -2.12. The lowest BCUT2D eigenvalue weighted by molar-refractivity contribution is -0.147. The van der Waals surface area contributed by atoms with Crippen molar-refractivity contribution in [2.24, 2.45) is 17.3 Å². The molecule has 3 nitrogen and oxygen atoms in total. The van der Waals surface area contributed by atoms with Crippen molar-refractivity contribution in [3.05, 3.63) is 59.0 Å². The fraction of sp³-hybridized carbons (Fsp3) is 0.368. The van der Waals surface area contributed by atoms with Crippen LogP contribution in [-0.4, -0.2) is 5.97 Å². The van der Waals surface area contributed by atoms with Crippen LogP contribution in [0.2, 0.25) is 0 Å². The SMILES string of the molecule is C=CCc1c(F)c(F)c(COC(=O)[C@@H]2[C@H](/C=C(/F)C#N)C2(C)C)c(F)c1F. The number of hydrogen-bond donors (Lipinski definition) is 0. The summed E-state index contributed by atoms with van der Waals surface area (Å²) in [6.07, 6.45) is 1.64. The number of carbonyl (C=O) groups excluding carboxylic acids is 1. The quantitative estimate of drug-likeness (QED) is 0.235. The van der Waals surface area contributed by atoms with Gasteiger partial charge in [-0.2, -0.15) is 9.65 Å². The average Bonchev–Trinajstić information content (AvgIpc) is 3.16. The molecule has 0 aromatic heterocycles. The van der Waals surface area contributed by atoms with E-state index in [-0.39, 0.29) is 0 Å². The number of nitriles is 1. The van der Waals surface area contributed by atoms with E-state index in [0.29, 0.717) is 0 Å². The summed E-state index contributed by atoms with van der Waals surface area (Å²) in [7, 11) is 0. The minimum Gasteiger partial charge on any atom is -0.460 e. The third-order valence-corrected chi connectivity index (χ3v) is 4.75. The lowest BCUT2D eigenvalue weighted by Crippen LogP contribution is -2.14. The van der Waals surface area contributed by atoms with Crippen molar-refractivity contribution >= 4 is 5.97 Å². The number of halogens is 5. The summed E-state index contributed by atoms with van der Waals surface area (Å²) in [5.74, 6) is -9.93. The molecule has 1 aliphatic rings. The Morgan fingerprint density at radius 1 is 1.19 bits per heavy atom. The van der Waals surface area contributed by atoms with Gasteiger partial charge in [-0.05, 0) is 17.9 Å². The zero-order chi connectivity index (χ0) is 20.5. The van der Waals surface area contributed by atoms with Gasteiger partial charge >= 0.3 is 5.97 Å². The van der Waals surface area contributed by atoms with Gasteiger partial charge in [0, 0.05) is 11.5 Å².